The second kappa shape index (κ2) is 23.2. The van der Waals surface area contributed by atoms with E-state index in [0.717, 1.165) is 35.2 Å². The summed E-state index contributed by atoms with van der Waals surface area (Å²) in [5.74, 6) is 0.684. The highest BCUT2D eigenvalue weighted by Gasteiger charge is 2.19. The van der Waals surface area contributed by atoms with E-state index in [0.29, 0.717) is 25.9 Å². The average molecular weight is 612 g/mol. The van der Waals surface area contributed by atoms with Crippen LogP contribution < -0.4 is 9.63 Å². The Hall–Kier alpha value is -1.24. The maximum Gasteiger partial charge on any atom is 0.267 e. The van der Waals surface area contributed by atoms with Crippen molar-refractivity contribution >= 4 is 13.6 Å². The van der Waals surface area contributed by atoms with Crippen molar-refractivity contribution in [2.24, 2.45) is 5.92 Å². The Morgan fingerprint density at radius 1 is 0.786 bits per heavy atom. The molecule has 0 bridgehead atoms. The van der Waals surface area contributed by atoms with Crippen LogP contribution in [-0.4, -0.2) is 57.8 Å². The zero-order valence-corrected chi connectivity index (χ0v) is 28.5. The Labute approximate surface area is 257 Å². The second-order valence-corrected chi connectivity index (χ2v) is 14.3. The molecule has 2 atom stereocenters. The fourth-order valence-corrected chi connectivity index (χ4v) is 5.76. The van der Waals surface area contributed by atoms with Crippen LogP contribution in [0.15, 0.2) is 24.3 Å². The Balaban J connectivity index is 2.32. The van der Waals surface area contributed by atoms with E-state index in [1.54, 1.807) is 0 Å². The molecule has 1 rings (SSSR count). The van der Waals surface area contributed by atoms with Gasteiger partial charge >= 0.3 is 0 Å². The molecule has 244 valence electrons. The molecule has 1 aromatic rings. The largest absolute Gasteiger partial charge is 0.756 e. The number of rotatable bonds is 28. The standard InChI is InChI=1S/C34H62NO6P/c1-6-8-9-10-11-12-13-14-15-16-17-19-26-39-34-23-21-31(22-24-34)28-32(29-33(36)7-2)30-41-42(37,38)40-27-20-18-25-35(3,4)5/h21-24,32H,6-20,25-30H2,1-5H3. The molecule has 8 heteroatoms. The van der Waals surface area contributed by atoms with Gasteiger partial charge in [0.1, 0.15) is 11.5 Å². The molecule has 0 aliphatic carbocycles. The highest BCUT2D eigenvalue weighted by atomic mass is 31.2. The van der Waals surface area contributed by atoms with Gasteiger partial charge in [-0.15, -0.1) is 0 Å². The van der Waals surface area contributed by atoms with Crippen LogP contribution >= 0.6 is 7.82 Å². The van der Waals surface area contributed by atoms with Crippen molar-refractivity contribution in [3.05, 3.63) is 29.8 Å². The molecule has 0 aliphatic heterocycles. The Morgan fingerprint density at radius 2 is 1.33 bits per heavy atom. The van der Waals surface area contributed by atoms with Gasteiger partial charge in [0.25, 0.3) is 7.82 Å². The molecule has 0 fully saturated rings. The SMILES string of the molecule is CCCCCCCCCCCCCCOc1ccc(CC(COP(=O)([O-])OCCCC[N+](C)(C)C)CC(=O)CC)cc1. The van der Waals surface area contributed by atoms with E-state index in [9.17, 15) is 14.3 Å². The average Bonchev–Trinajstić information content (AvgIpc) is 2.94. The molecule has 42 heavy (non-hydrogen) atoms. The van der Waals surface area contributed by atoms with E-state index in [2.05, 4.69) is 28.1 Å². The first-order valence-electron chi connectivity index (χ1n) is 16.7. The molecule has 0 N–H and O–H groups in total. The van der Waals surface area contributed by atoms with Crippen molar-refractivity contribution < 1.29 is 32.5 Å². The van der Waals surface area contributed by atoms with Gasteiger partial charge in [0.2, 0.25) is 0 Å². The summed E-state index contributed by atoms with van der Waals surface area (Å²) in [7, 11) is 1.88. The molecule has 0 aromatic heterocycles. The summed E-state index contributed by atoms with van der Waals surface area (Å²) >= 11 is 0. The van der Waals surface area contributed by atoms with Crippen LogP contribution in [0.25, 0.3) is 0 Å². The van der Waals surface area contributed by atoms with E-state index in [-0.39, 0.29) is 31.3 Å². The number of benzene rings is 1. The number of hydrogen-bond acceptors (Lipinski definition) is 6. The number of quaternary nitrogens is 1. The molecule has 0 radical (unpaired) electrons. The summed E-state index contributed by atoms with van der Waals surface area (Å²) in [6.45, 7) is 5.79. The van der Waals surface area contributed by atoms with Crippen LogP contribution in [0.1, 0.15) is 122 Å². The maximum atomic E-state index is 12.3. The zero-order chi connectivity index (χ0) is 31.1. The quantitative estimate of drug-likeness (QED) is 0.0539. The van der Waals surface area contributed by atoms with E-state index in [1.807, 2.05) is 31.2 Å². The van der Waals surface area contributed by atoms with Gasteiger partial charge in [-0.3, -0.25) is 9.36 Å². The van der Waals surface area contributed by atoms with Crippen molar-refractivity contribution in [3.8, 4) is 5.75 Å². The molecule has 7 nitrogen and oxygen atoms in total. The summed E-state index contributed by atoms with van der Waals surface area (Å²) in [6.07, 6.45) is 18.6. The number of hydrogen-bond donors (Lipinski definition) is 0. The van der Waals surface area contributed by atoms with Crippen molar-refractivity contribution in [3.63, 3.8) is 0 Å². The molecule has 0 aliphatic rings. The van der Waals surface area contributed by atoms with Gasteiger partial charge in [0, 0.05) is 12.8 Å². The normalized spacial score (nSPS) is 14.0. The molecule has 2 unspecified atom stereocenters. The third kappa shape index (κ3) is 22.3. The van der Waals surface area contributed by atoms with Gasteiger partial charge in [0.15, 0.2) is 0 Å². The minimum Gasteiger partial charge on any atom is -0.756 e. The Bertz CT molecular complexity index is 855. The van der Waals surface area contributed by atoms with Crippen LogP contribution in [0.2, 0.25) is 0 Å². The lowest BCUT2D eigenvalue weighted by Gasteiger charge is -2.26. The fourth-order valence-electron chi connectivity index (χ4n) is 4.94. The molecule has 0 saturated heterocycles. The van der Waals surface area contributed by atoms with Crippen LogP contribution in [-0.2, 0) is 24.8 Å². The van der Waals surface area contributed by atoms with Crippen LogP contribution in [0.5, 0.6) is 5.75 Å². The molecule has 0 amide bonds. The van der Waals surface area contributed by atoms with Gasteiger partial charge in [-0.1, -0.05) is 96.6 Å². The minimum atomic E-state index is -4.41. The lowest BCUT2D eigenvalue weighted by atomic mass is 9.94. The van der Waals surface area contributed by atoms with Crippen LogP contribution in [0, 0.1) is 5.92 Å². The minimum absolute atomic E-state index is 0.0669. The molecule has 0 heterocycles. The third-order valence-corrected chi connectivity index (χ3v) is 8.53. The summed E-state index contributed by atoms with van der Waals surface area (Å²) < 4.78 is 29.3. The molecule has 0 spiro atoms. The Morgan fingerprint density at radius 3 is 1.88 bits per heavy atom. The topological polar surface area (TPSA) is 84.9 Å². The van der Waals surface area contributed by atoms with E-state index < -0.39 is 7.82 Å². The van der Waals surface area contributed by atoms with E-state index in [1.165, 1.54) is 70.6 Å². The lowest BCUT2D eigenvalue weighted by Crippen LogP contribution is -2.35. The first-order chi connectivity index (χ1) is 20.0. The number of ether oxygens (including phenoxy) is 1. The van der Waals surface area contributed by atoms with Gasteiger partial charge < -0.3 is 23.2 Å². The number of carbonyl (C=O) groups excluding carboxylic acids is 1. The van der Waals surface area contributed by atoms with Gasteiger partial charge in [-0.25, -0.2) is 0 Å². The van der Waals surface area contributed by atoms with Crippen LogP contribution in [0.4, 0.5) is 0 Å². The molecular weight excluding hydrogens is 549 g/mol. The third-order valence-electron chi connectivity index (χ3n) is 7.57. The first kappa shape index (κ1) is 38.8. The van der Waals surface area contributed by atoms with Crippen molar-refractivity contribution in [2.75, 3.05) is 47.5 Å². The monoisotopic (exact) mass is 611 g/mol. The number of phosphoric ester groups is 1. The number of unbranched alkanes of at least 4 members (excludes halogenated alkanes) is 12. The van der Waals surface area contributed by atoms with Crippen LogP contribution in [0.3, 0.4) is 0 Å². The maximum absolute atomic E-state index is 12.3. The predicted octanol–water partition coefficient (Wildman–Crippen LogP) is 8.28. The van der Waals surface area contributed by atoms with Crippen molar-refractivity contribution in [1.29, 1.82) is 0 Å². The summed E-state index contributed by atoms with van der Waals surface area (Å²) in [5, 5.41) is 0. The number of Topliss-reactive ketones (excluding diaryl/α,β-unsaturated/α-hetero) is 1. The smallest absolute Gasteiger partial charge is 0.267 e. The lowest BCUT2D eigenvalue weighted by molar-refractivity contribution is -0.870. The molecular formula is C34H62NO6P. The predicted molar refractivity (Wildman–Crippen MR) is 172 cm³/mol. The highest BCUT2D eigenvalue weighted by molar-refractivity contribution is 7.45. The second-order valence-electron chi connectivity index (χ2n) is 12.8. The van der Waals surface area contributed by atoms with Gasteiger partial charge in [0.05, 0.1) is 47.5 Å². The van der Waals surface area contributed by atoms with Gasteiger partial charge in [-0.05, 0) is 49.3 Å². The van der Waals surface area contributed by atoms with Crippen molar-refractivity contribution in [1.82, 2.24) is 0 Å². The molecule has 1 aromatic carbocycles. The van der Waals surface area contributed by atoms with E-state index in [4.69, 9.17) is 13.8 Å². The summed E-state index contributed by atoms with van der Waals surface area (Å²) in [4.78, 5) is 24.5. The number of ketones is 1. The summed E-state index contributed by atoms with van der Waals surface area (Å²) in [5.41, 5.74) is 1.02. The zero-order valence-electron chi connectivity index (χ0n) is 27.6. The van der Waals surface area contributed by atoms with Crippen molar-refractivity contribution in [2.45, 2.75) is 123 Å². The number of phosphoric acid groups is 1. The van der Waals surface area contributed by atoms with E-state index >= 15 is 0 Å². The number of nitrogens with zero attached hydrogens (tertiary/aromatic N) is 1. The first-order valence-corrected chi connectivity index (χ1v) is 18.1. The molecule has 0 saturated carbocycles. The fraction of sp³-hybridized carbons (Fsp3) is 0.794. The van der Waals surface area contributed by atoms with Gasteiger partial charge in [-0.2, -0.15) is 0 Å². The summed E-state index contributed by atoms with van der Waals surface area (Å²) in [6, 6.07) is 7.88. The highest BCUT2D eigenvalue weighted by Crippen LogP contribution is 2.39. The number of carbonyl (C=O) groups is 1. The Kier molecular flexibility index (Phi) is 21.4.